The lowest BCUT2D eigenvalue weighted by Gasteiger charge is -2.10. The van der Waals surface area contributed by atoms with Crippen LogP contribution in [0, 0.1) is 17.2 Å². The third-order valence-corrected chi connectivity index (χ3v) is 3.17. The van der Waals surface area contributed by atoms with Crippen LogP contribution in [0.1, 0.15) is 19.7 Å². The molecule has 0 aliphatic carbocycles. The van der Waals surface area contributed by atoms with Gasteiger partial charge in [-0.05, 0) is 23.4 Å². The molecule has 0 aliphatic rings. The Morgan fingerprint density at radius 2 is 2.26 bits per heavy atom. The molecule has 0 bridgehead atoms. The first-order chi connectivity index (χ1) is 11.0. The van der Waals surface area contributed by atoms with Gasteiger partial charge in [-0.1, -0.05) is 25.4 Å². The fourth-order valence-electron chi connectivity index (χ4n) is 1.57. The minimum atomic E-state index is -0.134. The number of nitrogens with zero attached hydrogens (tertiary/aromatic N) is 4. The van der Waals surface area contributed by atoms with Crippen LogP contribution in [0.3, 0.4) is 0 Å². The van der Waals surface area contributed by atoms with E-state index in [-0.39, 0.29) is 23.2 Å². The average Bonchev–Trinajstić information content (AvgIpc) is 3.05. The molecule has 0 radical (unpaired) electrons. The summed E-state index contributed by atoms with van der Waals surface area (Å²) in [4.78, 5) is 11.7. The zero-order valence-corrected chi connectivity index (χ0v) is 13.2. The number of hydrogen-bond donors (Lipinski definition) is 3. The van der Waals surface area contributed by atoms with Gasteiger partial charge in [0.15, 0.2) is 0 Å². The number of hydrogen-bond acceptors (Lipinski definition) is 6. The van der Waals surface area contributed by atoms with E-state index in [1.165, 1.54) is 6.20 Å². The molecule has 1 aromatic carbocycles. The SMILES string of the molecule is CC(C)C(=O)Nc1ccc(Cl)c(NC=C(C#N)c2nn[nH]n2)c1. The van der Waals surface area contributed by atoms with Crippen molar-refractivity contribution < 1.29 is 4.79 Å². The molecule has 1 aromatic heterocycles. The van der Waals surface area contributed by atoms with Gasteiger partial charge in [-0.15, -0.1) is 10.2 Å². The van der Waals surface area contributed by atoms with Crippen molar-refractivity contribution in [2.24, 2.45) is 5.92 Å². The average molecular weight is 332 g/mol. The quantitative estimate of drug-likeness (QED) is 0.724. The molecular formula is C14H14ClN7O. The molecule has 3 N–H and O–H groups in total. The zero-order chi connectivity index (χ0) is 16.8. The van der Waals surface area contributed by atoms with Crippen molar-refractivity contribution in [3.05, 3.63) is 35.2 Å². The second-order valence-electron chi connectivity index (χ2n) is 4.89. The number of tetrazole rings is 1. The van der Waals surface area contributed by atoms with Crippen molar-refractivity contribution in [1.29, 1.82) is 5.26 Å². The molecule has 2 aromatic rings. The van der Waals surface area contributed by atoms with Crippen molar-refractivity contribution >= 4 is 34.5 Å². The Morgan fingerprint density at radius 3 is 2.87 bits per heavy atom. The number of benzene rings is 1. The molecule has 9 heteroatoms. The maximum absolute atomic E-state index is 11.7. The Hall–Kier alpha value is -2.92. The molecule has 0 atom stereocenters. The molecule has 118 valence electrons. The molecule has 23 heavy (non-hydrogen) atoms. The maximum atomic E-state index is 11.7. The molecule has 0 saturated heterocycles. The van der Waals surface area contributed by atoms with E-state index >= 15 is 0 Å². The van der Waals surface area contributed by atoms with Crippen LogP contribution < -0.4 is 10.6 Å². The van der Waals surface area contributed by atoms with E-state index in [0.29, 0.717) is 16.4 Å². The number of aromatic nitrogens is 4. The summed E-state index contributed by atoms with van der Waals surface area (Å²) in [5.74, 6) is -0.0656. The van der Waals surface area contributed by atoms with Gasteiger partial charge in [0.2, 0.25) is 11.7 Å². The number of carbonyl (C=O) groups is 1. The van der Waals surface area contributed by atoms with Crippen LogP contribution in [0.2, 0.25) is 5.02 Å². The van der Waals surface area contributed by atoms with E-state index in [1.54, 1.807) is 32.0 Å². The number of allylic oxidation sites excluding steroid dienone is 1. The topological polar surface area (TPSA) is 119 Å². The predicted molar refractivity (Wildman–Crippen MR) is 86.3 cm³/mol. The third kappa shape index (κ3) is 4.28. The van der Waals surface area contributed by atoms with Crippen molar-refractivity contribution in [2.75, 3.05) is 10.6 Å². The molecule has 0 aliphatic heterocycles. The van der Waals surface area contributed by atoms with E-state index in [2.05, 4.69) is 31.3 Å². The summed E-state index contributed by atoms with van der Waals surface area (Å²) in [6, 6.07) is 6.97. The molecule has 1 heterocycles. The maximum Gasteiger partial charge on any atom is 0.226 e. The molecule has 1 amide bonds. The van der Waals surface area contributed by atoms with Crippen LogP contribution in [0.25, 0.3) is 5.57 Å². The largest absolute Gasteiger partial charge is 0.359 e. The lowest BCUT2D eigenvalue weighted by molar-refractivity contribution is -0.118. The molecule has 0 fully saturated rings. The summed E-state index contributed by atoms with van der Waals surface area (Å²) in [5, 5.41) is 28.4. The smallest absolute Gasteiger partial charge is 0.226 e. The van der Waals surface area contributed by atoms with Crippen LogP contribution in [-0.2, 0) is 4.79 Å². The summed E-state index contributed by atoms with van der Waals surface area (Å²) in [6.45, 7) is 3.61. The minimum absolute atomic E-state index is 0.0988. The second-order valence-corrected chi connectivity index (χ2v) is 5.30. The first kappa shape index (κ1) is 16.5. The van der Waals surface area contributed by atoms with Crippen LogP contribution in [0.15, 0.2) is 24.4 Å². The number of aromatic amines is 1. The Morgan fingerprint density at radius 1 is 1.48 bits per heavy atom. The number of rotatable bonds is 5. The molecule has 0 unspecified atom stereocenters. The Balaban J connectivity index is 2.19. The highest BCUT2D eigenvalue weighted by Crippen LogP contribution is 2.26. The lowest BCUT2D eigenvalue weighted by atomic mass is 10.2. The highest BCUT2D eigenvalue weighted by Gasteiger charge is 2.09. The monoisotopic (exact) mass is 331 g/mol. The summed E-state index contributed by atoms with van der Waals surface area (Å²) in [7, 11) is 0. The number of nitriles is 1. The van der Waals surface area contributed by atoms with Gasteiger partial charge >= 0.3 is 0 Å². The predicted octanol–water partition coefficient (Wildman–Crippen LogP) is 2.42. The summed E-state index contributed by atoms with van der Waals surface area (Å²) in [6.07, 6.45) is 1.42. The number of halogens is 1. The van der Waals surface area contributed by atoms with E-state index in [4.69, 9.17) is 16.9 Å². The molecule has 8 nitrogen and oxygen atoms in total. The van der Waals surface area contributed by atoms with Gasteiger partial charge in [-0.25, -0.2) is 0 Å². The normalized spacial score (nSPS) is 11.2. The van der Waals surface area contributed by atoms with Gasteiger partial charge in [0.1, 0.15) is 11.6 Å². The number of nitrogens with one attached hydrogen (secondary N) is 3. The molecule has 0 saturated carbocycles. The van der Waals surface area contributed by atoms with Gasteiger partial charge in [0.05, 0.1) is 10.7 Å². The summed E-state index contributed by atoms with van der Waals surface area (Å²) in [5.41, 5.74) is 1.32. The van der Waals surface area contributed by atoms with Crippen molar-refractivity contribution in [3.8, 4) is 6.07 Å². The van der Waals surface area contributed by atoms with Crippen LogP contribution in [0.4, 0.5) is 11.4 Å². The highest BCUT2D eigenvalue weighted by molar-refractivity contribution is 6.33. The Labute approximate surface area is 137 Å². The first-order valence-electron chi connectivity index (χ1n) is 6.72. The fourth-order valence-corrected chi connectivity index (χ4v) is 1.74. The molecule has 2 rings (SSSR count). The van der Waals surface area contributed by atoms with Gasteiger partial charge in [0, 0.05) is 17.8 Å². The van der Waals surface area contributed by atoms with Gasteiger partial charge in [-0.3, -0.25) is 4.79 Å². The van der Waals surface area contributed by atoms with Crippen molar-refractivity contribution in [3.63, 3.8) is 0 Å². The number of amides is 1. The van der Waals surface area contributed by atoms with Crippen molar-refractivity contribution in [1.82, 2.24) is 20.6 Å². The third-order valence-electron chi connectivity index (χ3n) is 2.84. The van der Waals surface area contributed by atoms with Crippen LogP contribution >= 0.6 is 11.6 Å². The van der Waals surface area contributed by atoms with Gasteiger partial charge < -0.3 is 10.6 Å². The van der Waals surface area contributed by atoms with Crippen LogP contribution in [0.5, 0.6) is 0 Å². The van der Waals surface area contributed by atoms with Crippen LogP contribution in [-0.4, -0.2) is 26.5 Å². The summed E-state index contributed by atoms with van der Waals surface area (Å²) < 4.78 is 0. The number of carbonyl (C=O) groups excluding carboxylic acids is 1. The minimum Gasteiger partial charge on any atom is -0.359 e. The molecular weight excluding hydrogens is 318 g/mol. The fraction of sp³-hybridized carbons (Fsp3) is 0.214. The van der Waals surface area contributed by atoms with E-state index in [1.807, 2.05) is 6.07 Å². The highest BCUT2D eigenvalue weighted by atomic mass is 35.5. The second kappa shape index (κ2) is 7.38. The Bertz CT molecular complexity index is 762. The Kier molecular flexibility index (Phi) is 5.28. The number of anilines is 2. The van der Waals surface area contributed by atoms with E-state index in [9.17, 15) is 4.79 Å². The van der Waals surface area contributed by atoms with E-state index < -0.39 is 0 Å². The van der Waals surface area contributed by atoms with Gasteiger partial charge in [0.25, 0.3) is 0 Å². The summed E-state index contributed by atoms with van der Waals surface area (Å²) >= 11 is 6.11. The lowest BCUT2D eigenvalue weighted by Crippen LogP contribution is -2.17. The van der Waals surface area contributed by atoms with E-state index in [0.717, 1.165) is 0 Å². The zero-order valence-electron chi connectivity index (χ0n) is 12.5. The number of H-pyrrole nitrogens is 1. The molecule has 0 spiro atoms. The first-order valence-corrected chi connectivity index (χ1v) is 7.10. The van der Waals surface area contributed by atoms with Gasteiger partial charge in [-0.2, -0.15) is 10.5 Å². The standard InChI is InChI=1S/C14H14ClN7O/c1-8(2)14(23)18-10-3-4-11(15)12(5-10)17-7-9(6-16)13-19-21-22-20-13/h3-5,7-8,17H,1-2H3,(H,18,23)(H,19,20,21,22). The van der Waals surface area contributed by atoms with Crippen molar-refractivity contribution in [2.45, 2.75) is 13.8 Å².